The van der Waals surface area contributed by atoms with Crippen molar-refractivity contribution in [3.63, 3.8) is 0 Å². The van der Waals surface area contributed by atoms with Gasteiger partial charge in [-0.1, -0.05) is 41.9 Å². The standard InChI is InChI=1S/C15H25BrN2/c1-14(2,10-18-11-15(3,4)17-5)12-7-6-8-13(16)9-12/h6-9,17-18H,10-11H2,1-5H3. The Kier molecular flexibility index (Phi) is 5.38. The van der Waals surface area contributed by atoms with Crippen LogP contribution in [0.2, 0.25) is 0 Å². The minimum Gasteiger partial charge on any atom is -0.314 e. The van der Waals surface area contributed by atoms with Crippen LogP contribution in [0.25, 0.3) is 0 Å². The van der Waals surface area contributed by atoms with E-state index in [4.69, 9.17) is 0 Å². The minimum atomic E-state index is 0.132. The summed E-state index contributed by atoms with van der Waals surface area (Å²) in [5.74, 6) is 0. The van der Waals surface area contributed by atoms with Crippen LogP contribution >= 0.6 is 15.9 Å². The maximum absolute atomic E-state index is 3.56. The van der Waals surface area contributed by atoms with E-state index < -0.39 is 0 Å². The fraction of sp³-hybridized carbons (Fsp3) is 0.600. The third-order valence-corrected chi connectivity index (χ3v) is 3.91. The van der Waals surface area contributed by atoms with E-state index in [-0.39, 0.29) is 11.0 Å². The van der Waals surface area contributed by atoms with Gasteiger partial charge in [-0.2, -0.15) is 0 Å². The van der Waals surface area contributed by atoms with Crippen LogP contribution < -0.4 is 10.6 Å². The molecule has 0 atom stereocenters. The lowest BCUT2D eigenvalue weighted by molar-refractivity contribution is 0.367. The van der Waals surface area contributed by atoms with Crippen molar-refractivity contribution in [1.82, 2.24) is 10.6 Å². The molecule has 0 saturated heterocycles. The Bertz CT molecular complexity index is 386. The second-order valence-corrected chi connectivity index (χ2v) is 7.05. The van der Waals surface area contributed by atoms with Gasteiger partial charge in [0.05, 0.1) is 0 Å². The van der Waals surface area contributed by atoms with Crippen LogP contribution in [0.3, 0.4) is 0 Å². The van der Waals surface area contributed by atoms with E-state index in [1.807, 2.05) is 7.05 Å². The van der Waals surface area contributed by atoms with E-state index in [2.05, 4.69) is 78.5 Å². The zero-order chi connectivity index (χ0) is 13.8. The van der Waals surface area contributed by atoms with Crippen molar-refractivity contribution >= 4 is 15.9 Å². The van der Waals surface area contributed by atoms with E-state index in [0.29, 0.717) is 0 Å². The number of hydrogen-bond donors (Lipinski definition) is 2. The van der Waals surface area contributed by atoms with Crippen molar-refractivity contribution in [1.29, 1.82) is 0 Å². The van der Waals surface area contributed by atoms with Crippen LogP contribution in [0.4, 0.5) is 0 Å². The monoisotopic (exact) mass is 312 g/mol. The Morgan fingerprint density at radius 3 is 2.33 bits per heavy atom. The van der Waals surface area contributed by atoms with Gasteiger partial charge in [-0.05, 0) is 38.6 Å². The summed E-state index contributed by atoms with van der Waals surface area (Å²) in [5, 5.41) is 6.86. The smallest absolute Gasteiger partial charge is 0.0246 e. The summed E-state index contributed by atoms with van der Waals surface area (Å²) in [6, 6.07) is 8.55. The molecule has 0 bridgehead atoms. The highest BCUT2D eigenvalue weighted by atomic mass is 79.9. The Balaban J connectivity index is 2.60. The van der Waals surface area contributed by atoms with E-state index in [0.717, 1.165) is 17.6 Å². The molecular formula is C15H25BrN2. The Hall–Kier alpha value is -0.380. The summed E-state index contributed by atoms with van der Waals surface area (Å²) in [6.45, 7) is 10.9. The highest BCUT2D eigenvalue weighted by molar-refractivity contribution is 9.10. The summed E-state index contributed by atoms with van der Waals surface area (Å²) in [6.07, 6.45) is 0. The summed E-state index contributed by atoms with van der Waals surface area (Å²) in [4.78, 5) is 0. The van der Waals surface area contributed by atoms with Gasteiger partial charge in [0, 0.05) is 28.5 Å². The number of benzene rings is 1. The van der Waals surface area contributed by atoms with Gasteiger partial charge < -0.3 is 10.6 Å². The first-order chi connectivity index (χ1) is 8.27. The number of likely N-dealkylation sites (N-methyl/N-ethyl adjacent to an activating group) is 1. The lowest BCUT2D eigenvalue weighted by Gasteiger charge is -2.30. The molecule has 2 N–H and O–H groups in total. The van der Waals surface area contributed by atoms with Gasteiger partial charge in [-0.25, -0.2) is 0 Å². The lowest BCUT2D eigenvalue weighted by Crippen LogP contribution is -2.48. The molecule has 0 aromatic heterocycles. The molecule has 0 unspecified atom stereocenters. The molecule has 1 aromatic rings. The Morgan fingerprint density at radius 1 is 1.11 bits per heavy atom. The predicted molar refractivity (Wildman–Crippen MR) is 83.2 cm³/mol. The van der Waals surface area contributed by atoms with Crippen LogP contribution in [0.15, 0.2) is 28.7 Å². The van der Waals surface area contributed by atoms with Gasteiger partial charge in [-0.15, -0.1) is 0 Å². The van der Waals surface area contributed by atoms with Crippen molar-refractivity contribution in [3.8, 4) is 0 Å². The van der Waals surface area contributed by atoms with Gasteiger partial charge in [0.25, 0.3) is 0 Å². The zero-order valence-electron chi connectivity index (χ0n) is 12.1. The first-order valence-corrected chi connectivity index (χ1v) is 7.22. The first-order valence-electron chi connectivity index (χ1n) is 6.42. The molecule has 0 spiro atoms. The van der Waals surface area contributed by atoms with Crippen molar-refractivity contribution in [2.75, 3.05) is 20.1 Å². The average Bonchev–Trinajstić information content (AvgIpc) is 2.28. The minimum absolute atomic E-state index is 0.132. The van der Waals surface area contributed by atoms with Crippen LogP contribution in [-0.2, 0) is 5.41 Å². The number of nitrogens with one attached hydrogen (secondary N) is 2. The normalized spacial score (nSPS) is 12.8. The molecule has 102 valence electrons. The highest BCUT2D eigenvalue weighted by Crippen LogP contribution is 2.25. The highest BCUT2D eigenvalue weighted by Gasteiger charge is 2.22. The third-order valence-electron chi connectivity index (χ3n) is 3.42. The predicted octanol–water partition coefficient (Wildman–Crippen LogP) is 3.31. The maximum Gasteiger partial charge on any atom is 0.0246 e. The van der Waals surface area contributed by atoms with Crippen LogP contribution in [-0.4, -0.2) is 25.7 Å². The van der Waals surface area contributed by atoms with Gasteiger partial charge >= 0.3 is 0 Å². The van der Waals surface area contributed by atoms with Crippen LogP contribution in [0.1, 0.15) is 33.3 Å². The molecule has 0 fully saturated rings. The lowest BCUT2D eigenvalue weighted by atomic mass is 9.84. The molecule has 1 rings (SSSR count). The summed E-state index contributed by atoms with van der Waals surface area (Å²) >= 11 is 3.54. The fourth-order valence-corrected chi connectivity index (χ4v) is 2.19. The fourth-order valence-electron chi connectivity index (χ4n) is 1.79. The molecule has 0 amide bonds. The number of rotatable bonds is 6. The number of halogens is 1. The summed E-state index contributed by atoms with van der Waals surface area (Å²) in [5.41, 5.74) is 1.62. The SMILES string of the molecule is CNC(C)(C)CNCC(C)(C)c1cccc(Br)c1. The summed E-state index contributed by atoms with van der Waals surface area (Å²) in [7, 11) is 2.00. The maximum atomic E-state index is 3.56. The Labute approximate surface area is 120 Å². The summed E-state index contributed by atoms with van der Waals surface area (Å²) < 4.78 is 1.14. The van der Waals surface area contributed by atoms with E-state index in [9.17, 15) is 0 Å². The van der Waals surface area contributed by atoms with Crippen molar-refractivity contribution in [3.05, 3.63) is 34.3 Å². The first kappa shape index (κ1) is 15.7. The molecule has 0 saturated carbocycles. The molecular weight excluding hydrogens is 288 g/mol. The van der Waals surface area contributed by atoms with E-state index in [1.54, 1.807) is 0 Å². The van der Waals surface area contributed by atoms with E-state index in [1.165, 1.54) is 5.56 Å². The third kappa shape index (κ3) is 4.71. The van der Waals surface area contributed by atoms with Crippen molar-refractivity contribution < 1.29 is 0 Å². The van der Waals surface area contributed by atoms with Crippen molar-refractivity contribution in [2.24, 2.45) is 0 Å². The number of hydrogen-bond acceptors (Lipinski definition) is 2. The molecule has 18 heavy (non-hydrogen) atoms. The van der Waals surface area contributed by atoms with E-state index >= 15 is 0 Å². The molecule has 0 aliphatic carbocycles. The van der Waals surface area contributed by atoms with Gasteiger partial charge in [0.1, 0.15) is 0 Å². The second-order valence-electron chi connectivity index (χ2n) is 6.13. The largest absolute Gasteiger partial charge is 0.314 e. The second kappa shape index (κ2) is 6.18. The van der Waals surface area contributed by atoms with Crippen molar-refractivity contribution in [2.45, 2.75) is 38.6 Å². The quantitative estimate of drug-likeness (QED) is 0.842. The van der Waals surface area contributed by atoms with Gasteiger partial charge in [-0.3, -0.25) is 0 Å². The Morgan fingerprint density at radius 2 is 1.78 bits per heavy atom. The van der Waals surface area contributed by atoms with Crippen LogP contribution in [0, 0.1) is 0 Å². The molecule has 2 nitrogen and oxygen atoms in total. The molecule has 0 heterocycles. The molecule has 0 aliphatic rings. The van der Waals surface area contributed by atoms with Gasteiger partial charge in [0.2, 0.25) is 0 Å². The topological polar surface area (TPSA) is 24.1 Å². The molecule has 0 aliphatic heterocycles. The zero-order valence-corrected chi connectivity index (χ0v) is 13.7. The van der Waals surface area contributed by atoms with Crippen LogP contribution in [0.5, 0.6) is 0 Å². The van der Waals surface area contributed by atoms with Gasteiger partial charge in [0.15, 0.2) is 0 Å². The molecule has 0 radical (unpaired) electrons. The molecule has 3 heteroatoms. The average molecular weight is 313 g/mol. The molecule has 1 aromatic carbocycles.